The molecular formula is C28H25FN2O5. The standard InChI is InChI=1S/C28H25FN2O5/c1-3-13-36-28(35)19-8-6-18(7-9-19)16-31-24(21-5-4-12-30-15-21)23(26(33)27(31)34)25(32)20-10-11-22(29)17(2)14-20/h4-12,14-15,24,32H,3,13,16H2,1-2H3/b25-23-. The molecule has 1 atom stereocenters. The Bertz CT molecular complexity index is 1340. The number of ether oxygens (including phenoxy) is 1. The van der Waals surface area contributed by atoms with Gasteiger partial charge in [0.25, 0.3) is 11.7 Å². The molecule has 1 aliphatic rings. The first kappa shape index (κ1) is 24.8. The fourth-order valence-electron chi connectivity index (χ4n) is 4.10. The third-order valence-corrected chi connectivity index (χ3v) is 5.95. The van der Waals surface area contributed by atoms with Crippen molar-refractivity contribution in [2.45, 2.75) is 32.9 Å². The van der Waals surface area contributed by atoms with Gasteiger partial charge in [0.1, 0.15) is 11.6 Å². The number of hydrogen-bond acceptors (Lipinski definition) is 6. The highest BCUT2D eigenvalue weighted by Crippen LogP contribution is 2.40. The summed E-state index contributed by atoms with van der Waals surface area (Å²) in [6, 6.07) is 13.0. The van der Waals surface area contributed by atoms with Crippen LogP contribution < -0.4 is 0 Å². The van der Waals surface area contributed by atoms with E-state index in [0.717, 1.165) is 0 Å². The number of Topliss-reactive ketones (excluding diaryl/α,β-unsaturated/α-hetero) is 1. The molecule has 0 radical (unpaired) electrons. The summed E-state index contributed by atoms with van der Waals surface area (Å²) in [6.45, 7) is 3.82. The number of likely N-dealkylation sites (tertiary alicyclic amines) is 1. The summed E-state index contributed by atoms with van der Waals surface area (Å²) < 4.78 is 18.9. The Morgan fingerprint density at radius 1 is 1.11 bits per heavy atom. The maximum atomic E-state index is 13.8. The smallest absolute Gasteiger partial charge is 0.338 e. The molecule has 0 spiro atoms. The molecule has 1 aliphatic heterocycles. The SMILES string of the molecule is CCCOC(=O)c1ccc(CN2C(=O)C(=O)/C(=C(\O)c3ccc(F)c(C)c3)C2c2cccnc2)cc1. The summed E-state index contributed by atoms with van der Waals surface area (Å²) in [4.78, 5) is 43.8. The number of carbonyl (C=O) groups is 3. The number of nitrogens with zero attached hydrogens (tertiary/aromatic N) is 2. The first-order valence-corrected chi connectivity index (χ1v) is 11.5. The van der Waals surface area contributed by atoms with Gasteiger partial charge in [-0.3, -0.25) is 14.6 Å². The lowest BCUT2D eigenvalue weighted by Crippen LogP contribution is -2.29. The van der Waals surface area contributed by atoms with Crippen molar-refractivity contribution in [2.75, 3.05) is 6.61 Å². The van der Waals surface area contributed by atoms with Crippen LogP contribution in [0.25, 0.3) is 5.76 Å². The lowest BCUT2D eigenvalue weighted by molar-refractivity contribution is -0.140. The quantitative estimate of drug-likeness (QED) is 0.224. The zero-order chi connectivity index (χ0) is 25.8. The Kier molecular flexibility index (Phi) is 7.24. The minimum absolute atomic E-state index is 0.0493. The van der Waals surface area contributed by atoms with Gasteiger partial charge in [0.15, 0.2) is 0 Å². The van der Waals surface area contributed by atoms with E-state index in [2.05, 4.69) is 4.98 Å². The van der Waals surface area contributed by atoms with Crippen molar-refractivity contribution >= 4 is 23.4 Å². The molecule has 184 valence electrons. The fourth-order valence-corrected chi connectivity index (χ4v) is 4.10. The van der Waals surface area contributed by atoms with E-state index in [1.165, 1.54) is 29.3 Å². The van der Waals surface area contributed by atoms with Gasteiger partial charge in [-0.1, -0.05) is 25.1 Å². The average molecular weight is 489 g/mol. The molecule has 0 bridgehead atoms. The van der Waals surface area contributed by atoms with Gasteiger partial charge in [-0.25, -0.2) is 9.18 Å². The van der Waals surface area contributed by atoms with Crippen molar-refractivity contribution in [3.63, 3.8) is 0 Å². The number of amides is 1. The molecule has 1 fully saturated rings. The minimum atomic E-state index is -0.904. The molecule has 2 heterocycles. The lowest BCUT2D eigenvalue weighted by Gasteiger charge is -2.25. The Morgan fingerprint density at radius 2 is 1.83 bits per heavy atom. The molecule has 0 aliphatic carbocycles. The van der Waals surface area contributed by atoms with E-state index >= 15 is 0 Å². The van der Waals surface area contributed by atoms with Gasteiger partial charge in [0.05, 0.1) is 23.8 Å². The normalized spacial score (nSPS) is 16.9. The Balaban J connectivity index is 1.72. The summed E-state index contributed by atoms with van der Waals surface area (Å²) in [6.07, 6.45) is 3.81. The second-order valence-electron chi connectivity index (χ2n) is 8.51. The molecule has 3 aromatic rings. The van der Waals surface area contributed by atoms with Crippen LogP contribution in [0.15, 0.2) is 72.6 Å². The summed E-state index contributed by atoms with van der Waals surface area (Å²) in [7, 11) is 0. The van der Waals surface area contributed by atoms with Crippen molar-refractivity contribution < 1.29 is 28.6 Å². The molecule has 7 nitrogen and oxygen atoms in total. The zero-order valence-corrected chi connectivity index (χ0v) is 19.9. The van der Waals surface area contributed by atoms with E-state index in [-0.39, 0.29) is 23.4 Å². The van der Waals surface area contributed by atoms with E-state index < -0.39 is 29.5 Å². The van der Waals surface area contributed by atoms with Gasteiger partial charge in [0, 0.05) is 24.5 Å². The topological polar surface area (TPSA) is 96.8 Å². The van der Waals surface area contributed by atoms with E-state index in [1.54, 1.807) is 49.5 Å². The molecule has 4 rings (SSSR count). The van der Waals surface area contributed by atoms with Crippen LogP contribution in [0, 0.1) is 12.7 Å². The Hall–Kier alpha value is -4.33. The fraction of sp³-hybridized carbons (Fsp3) is 0.214. The molecule has 2 aromatic carbocycles. The third-order valence-electron chi connectivity index (χ3n) is 5.95. The van der Waals surface area contributed by atoms with Gasteiger partial charge in [-0.15, -0.1) is 0 Å². The molecular weight excluding hydrogens is 463 g/mol. The van der Waals surface area contributed by atoms with Crippen LogP contribution in [-0.4, -0.2) is 39.3 Å². The van der Waals surface area contributed by atoms with Crippen LogP contribution in [-0.2, 0) is 20.9 Å². The maximum Gasteiger partial charge on any atom is 0.338 e. The largest absolute Gasteiger partial charge is 0.507 e. The van der Waals surface area contributed by atoms with Crippen molar-refractivity contribution in [3.8, 4) is 0 Å². The molecule has 8 heteroatoms. The van der Waals surface area contributed by atoms with Crippen LogP contribution in [0.5, 0.6) is 0 Å². The minimum Gasteiger partial charge on any atom is -0.507 e. The van der Waals surface area contributed by atoms with Crippen LogP contribution in [0.1, 0.15) is 52.0 Å². The average Bonchev–Trinajstić information content (AvgIpc) is 3.14. The van der Waals surface area contributed by atoms with Crippen LogP contribution in [0.2, 0.25) is 0 Å². The summed E-state index contributed by atoms with van der Waals surface area (Å²) in [5, 5.41) is 11.1. The maximum absolute atomic E-state index is 13.8. The highest BCUT2D eigenvalue weighted by molar-refractivity contribution is 6.46. The number of benzene rings is 2. The number of halogens is 1. The number of aliphatic hydroxyl groups excluding tert-OH is 1. The van der Waals surface area contributed by atoms with E-state index in [9.17, 15) is 23.9 Å². The molecule has 1 unspecified atom stereocenters. The van der Waals surface area contributed by atoms with Crippen molar-refractivity contribution in [3.05, 3.63) is 106 Å². The second-order valence-corrected chi connectivity index (χ2v) is 8.51. The summed E-state index contributed by atoms with van der Waals surface area (Å²) in [5.41, 5.74) is 2.02. The monoisotopic (exact) mass is 488 g/mol. The highest BCUT2D eigenvalue weighted by atomic mass is 19.1. The van der Waals surface area contributed by atoms with E-state index in [4.69, 9.17) is 4.74 Å². The summed E-state index contributed by atoms with van der Waals surface area (Å²) in [5.74, 6) is -2.90. The number of aryl methyl sites for hydroxylation is 1. The van der Waals surface area contributed by atoms with Crippen molar-refractivity contribution in [1.29, 1.82) is 0 Å². The second kappa shape index (κ2) is 10.5. The number of rotatable bonds is 7. The first-order chi connectivity index (χ1) is 17.3. The number of hydrogen-bond donors (Lipinski definition) is 1. The molecule has 36 heavy (non-hydrogen) atoms. The number of esters is 1. The number of carbonyl (C=O) groups excluding carboxylic acids is 3. The van der Waals surface area contributed by atoms with E-state index in [0.29, 0.717) is 35.3 Å². The molecule has 0 saturated carbocycles. The van der Waals surface area contributed by atoms with Crippen LogP contribution in [0.4, 0.5) is 4.39 Å². The van der Waals surface area contributed by atoms with Gasteiger partial charge in [0.2, 0.25) is 0 Å². The predicted octanol–water partition coefficient (Wildman–Crippen LogP) is 4.72. The van der Waals surface area contributed by atoms with Gasteiger partial charge < -0.3 is 14.7 Å². The van der Waals surface area contributed by atoms with Gasteiger partial charge in [-0.05, 0) is 66.4 Å². The number of aromatic nitrogens is 1. The first-order valence-electron chi connectivity index (χ1n) is 11.5. The van der Waals surface area contributed by atoms with Gasteiger partial charge in [-0.2, -0.15) is 0 Å². The molecule has 1 aromatic heterocycles. The lowest BCUT2D eigenvalue weighted by atomic mass is 9.95. The Labute approximate surface area is 207 Å². The van der Waals surface area contributed by atoms with Crippen molar-refractivity contribution in [2.24, 2.45) is 0 Å². The molecule has 1 N–H and O–H groups in total. The Morgan fingerprint density at radius 3 is 2.47 bits per heavy atom. The highest BCUT2D eigenvalue weighted by Gasteiger charge is 2.46. The predicted molar refractivity (Wildman–Crippen MR) is 130 cm³/mol. The van der Waals surface area contributed by atoms with E-state index in [1.807, 2.05) is 6.92 Å². The van der Waals surface area contributed by atoms with Crippen LogP contribution in [0.3, 0.4) is 0 Å². The summed E-state index contributed by atoms with van der Waals surface area (Å²) >= 11 is 0. The third kappa shape index (κ3) is 4.88. The van der Waals surface area contributed by atoms with Crippen LogP contribution >= 0.6 is 0 Å². The zero-order valence-electron chi connectivity index (χ0n) is 19.9. The number of pyridine rings is 1. The molecule has 1 amide bonds. The van der Waals surface area contributed by atoms with Crippen molar-refractivity contribution in [1.82, 2.24) is 9.88 Å². The number of ketones is 1. The number of aliphatic hydroxyl groups is 1. The van der Waals surface area contributed by atoms with Gasteiger partial charge >= 0.3 is 5.97 Å². The molecule has 1 saturated heterocycles.